The summed E-state index contributed by atoms with van der Waals surface area (Å²) in [6, 6.07) is 6.37. The average molecular weight is 298 g/mol. The highest BCUT2D eigenvalue weighted by atomic mass is 16.3. The van der Waals surface area contributed by atoms with Crippen LogP contribution in [0.2, 0.25) is 0 Å². The Bertz CT molecular complexity index is 619. The summed E-state index contributed by atoms with van der Waals surface area (Å²) in [6.45, 7) is 2.46. The van der Waals surface area contributed by atoms with Crippen molar-refractivity contribution in [1.82, 2.24) is 10.7 Å². The number of aliphatic hydroxyl groups is 1. The van der Waals surface area contributed by atoms with Crippen molar-refractivity contribution in [1.29, 1.82) is 0 Å². The predicted molar refractivity (Wildman–Crippen MR) is 91.5 cm³/mol. The van der Waals surface area contributed by atoms with Gasteiger partial charge in [0.1, 0.15) is 0 Å². The maximum Gasteiger partial charge on any atom is 0.0639 e. The molecule has 5 heteroatoms. The van der Waals surface area contributed by atoms with E-state index < -0.39 is 0 Å². The van der Waals surface area contributed by atoms with Gasteiger partial charge in [0.2, 0.25) is 0 Å². The Kier molecular flexibility index (Phi) is 4.78. The Morgan fingerprint density at radius 2 is 2.05 bits per heavy atom. The van der Waals surface area contributed by atoms with Crippen molar-refractivity contribution in [2.75, 3.05) is 37.0 Å². The van der Waals surface area contributed by atoms with Gasteiger partial charge in [0, 0.05) is 48.6 Å². The van der Waals surface area contributed by atoms with Crippen molar-refractivity contribution < 1.29 is 5.11 Å². The van der Waals surface area contributed by atoms with Crippen molar-refractivity contribution in [3.8, 4) is 0 Å². The van der Waals surface area contributed by atoms with Crippen LogP contribution in [0.4, 0.5) is 11.4 Å². The van der Waals surface area contributed by atoms with Gasteiger partial charge >= 0.3 is 0 Å². The van der Waals surface area contributed by atoms with E-state index in [4.69, 9.17) is 5.11 Å². The number of hydrazine groups is 1. The third-order valence-corrected chi connectivity index (χ3v) is 3.73. The molecule has 0 saturated carbocycles. The molecule has 3 rings (SSSR count). The number of anilines is 2. The van der Waals surface area contributed by atoms with E-state index in [2.05, 4.69) is 64.0 Å². The highest BCUT2D eigenvalue weighted by molar-refractivity contribution is 5.87. The minimum absolute atomic E-state index is 0.175. The second-order valence-electron chi connectivity index (χ2n) is 5.29. The first-order valence-corrected chi connectivity index (χ1v) is 7.67. The van der Waals surface area contributed by atoms with Gasteiger partial charge in [-0.1, -0.05) is 30.4 Å². The van der Waals surface area contributed by atoms with Crippen LogP contribution >= 0.6 is 0 Å². The van der Waals surface area contributed by atoms with Gasteiger partial charge in [-0.05, 0) is 12.1 Å². The number of fused-ring (bicyclic) bond motifs is 2. The standard InChI is InChI=1S/C17H22N4O/c22-11-10-18-8-9-19-13-6-7-15-14-4-2-1-3-5-16(14)20-21-17(15)12-13/h1-4,6-7,12,18-22H,5,8-11H2. The third-order valence-electron chi connectivity index (χ3n) is 3.73. The molecule has 0 aromatic heterocycles. The molecule has 0 radical (unpaired) electrons. The van der Waals surface area contributed by atoms with Crippen molar-refractivity contribution in [3.63, 3.8) is 0 Å². The van der Waals surface area contributed by atoms with Gasteiger partial charge < -0.3 is 26.6 Å². The summed E-state index contributed by atoms with van der Waals surface area (Å²) in [7, 11) is 0. The Balaban J connectivity index is 1.69. The molecule has 5 nitrogen and oxygen atoms in total. The number of nitrogens with one attached hydrogen (secondary N) is 4. The maximum atomic E-state index is 8.72. The van der Waals surface area contributed by atoms with Crippen LogP contribution in [0.1, 0.15) is 12.0 Å². The van der Waals surface area contributed by atoms with Crippen molar-refractivity contribution in [2.45, 2.75) is 6.42 Å². The lowest BCUT2D eigenvalue weighted by molar-refractivity contribution is 0.293. The molecule has 1 heterocycles. The molecule has 0 atom stereocenters. The van der Waals surface area contributed by atoms with Crippen molar-refractivity contribution in [3.05, 3.63) is 53.8 Å². The summed E-state index contributed by atoms with van der Waals surface area (Å²) < 4.78 is 0. The molecule has 22 heavy (non-hydrogen) atoms. The van der Waals surface area contributed by atoms with E-state index in [9.17, 15) is 0 Å². The van der Waals surface area contributed by atoms with Gasteiger partial charge in [0.25, 0.3) is 0 Å². The number of hydrogen-bond acceptors (Lipinski definition) is 5. The number of allylic oxidation sites excluding steroid dienone is 5. The highest BCUT2D eigenvalue weighted by Gasteiger charge is 2.16. The molecule has 1 aromatic rings. The maximum absolute atomic E-state index is 8.72. The van der Waals surface area contributed by atoms with Gasteiger partial charge in [-0.25, -0.2) is 0 Å². The summed E-state index contributed by atoms with van der Waals surface area (Å²) in [6.07, 6.45) is 9.36. The minimum Gasteiger partial charge on any atom is -0.395 e. The van der Waals surface area contributed by atoms with E-state index in [1.54, 1.807) is 0 Å². The average Bonchev–Trinajstić information content (AvgIpc) is 2.80. The van der Waals surface area contributed by atoms with E-state index >= 15 is 0 Å². The van der Waals surface area contributed by atoms with Gasteiger partial charge in [-0.3, -0.25) is 0 Å². The molecule has 1 aliphatic carbocycles. The molecule has 5 N–H and O–H groups in total. The fourth-order valence-corrected chi connectivity index (χ4v) is 2.63. The Morgan fingerprint density at radius 3 is 2.95 bits per heavy atom. The van der Waals surface area contributed by atoms with E-state index in [0.29, 0.717) is 6.54 Å². The first kappa shape index (κ1) is 14.7. The van der Waals surface area contributed by atoms with Crippen LogP contribution in [0.25, 0.3) is 5.57 Å². The molecule has 1 aromatic carbocycles. The SMILES string of the molecule is OCCNCCNc1ccc2c(c1)NNC1=C2C=CC=CC1. The normalized spacial score (nSPS) is 15.5. The zero-order valence-electron chi connectivity index (χ0n) is 12.5. The quantitative estimate of drug-likeness (QED) is 0.519. The minimum atomic E-state index is 0.175. The van der Waals surface area contributed by atoms with Gasteiger partial charge in [0.15, 0.2) is 0 Å². The topological polar surface area (TPSA) is 68.3 Å². The number of aliphatic hydroxyl groups excluding tert-OH is 1. The lowest BCUT2D eigenvalue weighted by Gasteiger charge is -2.25. The third kappa shape index (κ3) is 3.32. The van der Waals surface area contributed by atoms with E-state index in [-0.39, 0.29) is 6.61 Å². The van der Waals surface area contributed by atoms with E-state index in [1.807, 2.05) is 0 Å². The van der Waals surface area contributed by atoms with Crippen LogP contribution < -0.4 is 21.5 Å². The summed E-state index contributed by atoms with van der Waals surface area (Å²) in [5.41, 5.74) is 12.4. The van der Waals surface area contributed by atoms with Crippen LogP contribution in [0.3, 0.4) is 0 Å². The van der Waals surface area contributed by atoms with Crippen molar-refractivity contribution >= 4 is 16.9 Å². The molecular formula is C17H22N4O. The fourth-order valence-electron chi connectivity index (χ4n) is 2.63. The molecular weight excluding hydrogens is 276 g/mol. The number of benzene rings is 1. The monoisotopic (exact) mass is 298 g/mol. The first-order valence-electron chi connectivity index (χ1n) is 7.67. The molecule has 116 valence electrons. The Hall–Kier alpha value is -2.24. The first-order chi connectivity index (χ1) is 10.9. The summed E-state index contributed by atoms with van der Waals surface area (Å²) >= 11 is 0. The number of rotatable bonds is 6. The van der Waals surface area contributed by atoms with Crippen molar-refractivity contribution in [2.24, 2.45) is 0 Å². The highest BCUT2D eigenvalue weighted by Crippen LogP contribution is 2.34. The number of hydrogen-bond donors (Lipinski definition) is 5. The van der Waals surface area contributed by atoms with Crippen LogP contribution in [0.15, 0.2) is 48.2 Å². The van der Waals surface area contributed by atoms with Crippen LogP contribution in [-0.4, -0.2) is 31.3 Å². The summed E-state index contributed by atoms with van der Waals surface area (Å²) in [4.78, 5) is 0. The Morgan fingerprint density at radius 1 is 1.09 bits per heavy atom. The zero-order chi connectivity index (χ0) is 15.2. The Labute approximate surface area is 130 Å². The van der Waals surface area contributed by atoms with E-state index in [0.717, 1.165) is 30.9 Å². The molecule has 0 bridgehead atoms. The summed E-state index contributed by atoms with van der Waals surface area (Å²) in [5.74, 6) is 0. The second-order valence-corrected chi connectivity index (χ2v) is 5.29. The predicted octanol–water partition coefficient (Wildman–Crippen LogP) is 1.84. The lowest BCUT2D eigenvalue weighted by Crippen LogP contribution is -2.27. The van der Waals surface area contributed by atoms with Crippen LogP contribution in [-0.2, 0) is 0 Å². The molecule has 2 aliphatic rings. The summed E-state index contributed by atoms with van der Waals surface area (Å²) in [5, 5.41) is 15.2. The van der Waals surface area contributed by atoms with Crippen LogP contribution in [0, 0.1) is 0 Å². The fraction of sp³-hybridized carbons (Fsp3) is 0.294. The van der Waals surface area contributed by atoms with Crippen LogP contribution in [0.5, 0.6) is 0 Å². The molecule has 1 aliphatic heterocycles. The molecule has 0 amide bonds. The van der Waals surface area contributed by atoms with Gasteiger partial charge in [-0.15, -0.1) is 0 Å². The largest absolute Gasteiger partial charge is 0.395 e. The molecule has 0 spiro atoms. The van der Waals surface area contributed by atoms with Gasteiger partial charge in [0.05, 0.1) is 12.3 Å². The van der Waals surface area contributed by atoms with Gasteiger partial charge in [-0.2, -0.15) is 0 Å². The lowest BCUT2D eigenvalue weighted by atomic mass is 9.98. The molecule has 0 unspecified atom stereocenters. The molecule has 0 fully saturated rings. The molecule has 0 saturated heterocycles. The zero-order valence-corrected chi connectivity index (χ0v) is 12.5. The van der Waals surface area contributed by atoms with E-state index in [1.165, 1.54) is 16.8 Å². The smallest absolute Gasteiger partial charge is 0.0639 e. The second kappa shape index (κ2) is 7.15.